The summed E-state index contributed by atoms with van der Waals surface area (Å²) in [5.74, 6) is -1.44. The maximum absolute atomic E-state index is 12.4. The summed E-state index contributed by atoms with van der Waals surface area (Å²) in [5.41, 5.74) is 4.98. The molecule has 3 N–H and O–H groups in total. The van der Waals surface area contributed by atoms with Crippen LogP contribution in [0.2, 0.25) is 0 Å². The maximum Gasteiger partial charge on any atom is 0.277 e. The first-order chi connectivity index (χ1) is 10.2. The normalized spacial score (nSPS) is 14.4. The molecule has 7 nitrogen and oxygen atoms in total. The highest BCUT2D eigenvalue weighted by atomic mass is 32.2. The second-order valence-corrected chi connectivity index (χ2v) is 7.07. The number of unbranched alkanes of at least 4 members (excludes halogenated alkanes) is 1. The number of carbonyl (C=O) groups excluding carboxylic acids is 2. The first-order valence-electron chi connectivity index (χ1n) is 7.70. The van der Waals surface area contributed by atoms with Crippen LogP contribution in [0.3, 0.4) is 0 Å². The molecule has 0 rings (SSSR count). The van der Waals surface area contributed by atoms with Crippen LogP contribution in [-0.4, -0.2) is 48.0 Å². The summed E-state index contributed by atoms with van der Waals surface area (Å²) in [6.07, 6.45) is 3.19. The van der Waals surface area contributed by atoms with E-state index in [9.17, 15) is 22.6 Å². The lowest BCUT2D eigenvalue weighted by Gasteiger charge is -2.28. The van der Waals surface area contributed by atoms with Gasteiger partial charge in [-0.2, -0.15) is 8.42 Å². The topological polar surface area (TPSA) is 118 Å². The van der Waals surface area contributed by atoms with Gasteiger partial charge in [-0.3, -0.25) is 14.1 Å². The van der Waals surface area contributed by atoms with Crippen molar-refractivity contribution in [3.8, 4) is 0 Å². The number of amides is 2. The lowest BCUT2D eigenvalue weighted by Crippen LogP contribution is -2.46. The van der Waals surface area contributed by atoms with Gasteiger partial charge in [0.25, 0.3) is 10.1 Å². The van der Waals surface area contributed by atoms with Crippen molar-refractivity contribution in [2.45, 2.75) is 58.1 Å². The van der Waals surface area contributed by atoms with Crippen LogP contribution in [0.25, 0.3) is 0 Å². The van der Waals surface area contributed by atoms with E-state index in [4.69, 9.17) is 5.73 Å². The Labute approximate surface area is 133 Å². The van der Waals surface area contributed by atoms with Gasteiger partial charge >= 0.3 is 0 Å². The SMILES string of the molecule is CCCCC(CC)CN(CC)C(=O)C(CC(N)=O)S(=O)(=O)O. The lowest BCUT2D eigenvalue weighted by atomic mass is 9.98. The molecule has 0 aliphatic rings. The summed E-state index contributed by atoms with van der Waals surface area (Å²) in [4.78, 5) is 24.7. The van der Waals surface area contributed by atoms with Crippen molar-refractivity contribution in [1.29, 1.82) is 0 Å². The summed E-state index contributed by atoms with van der Waals surface area (Å²) in [6, 6.07) is 0. The molecule has 8 heteroatoms. The van der Waals surface area contributed by atoms with Gasteiger partial charge in [0.2, 0.25) is 11.8 Å². The van der Waals surface area contributed by atoms with Gasteiger partial charge in [-0.05, 0) is 19.3 Å². The molecule has 0 heterocycles. The van der Waals surface area contributed by atoms with Gasteiger partial charge in [-0.1, -0.05) is 33.1 Å². The summed E-state index contributed by atoms with van der Waals surface area (Å²) >= 11 is 0. The average molecular weight is 336 g/mol. The highest BCUT2D eigenvalue weighted by Gasteiger charge is 2.36. The van der Waals surface area contributed by atoms with E-state index < -0.39 is 33.6 Å². The molecule has 0 aliphatic carbocycles. The molecule has 0 fully saturated rings. The Morgan fingerprint density at radius 2 is 1.82 bits per heavy atom. The quantitative estimate of drug-likeness (QED) is 0.549. The minimum absolute atomic E-state index is 0.263. The highest BCUT2D eigenvalue weighted by Crippen LogP contribution is 2.17. The average Bonchev–Trinajstić information content (AvgIpc) is 2.43. The second kappa shape index (κ2) is 9.78. The molecule has 0 aliphatic heterocycles. The van der Waals surface area contributed by atoms with E-state index in [2.05, 4.69) is 6.92 Å². The third-order valence-corrected chi connectivity index (χ3v) is 4.82. The van der Waals surface area contributed by atoms with E-state index in [0.29, 0.717) is 13.1 Å². The van der Waals surface area contributed by atoms with Crippen LogP contribution in [-0.2, 0) is 19.7 Å². The van der Waals surface area contributed by atoms with Gasteiger partial charge in [-0.25, -0.2) is 0 Å². The third kappa shape index (κ3) is 7.22. The number of nitrogens with zero attached hydrogens (tertiary/aromatic N) is 1. The number of hydrogen-bond acceptors (Lipinski definition) is 4. The zero-order chi connectivity index (χ0) is 17.3. The van der Waals surface area contributed by atoms with Crippen molar-refractivity contribution in [1.82, 2.24) is 4.90 Å². The smallest absolute Gasteiger partial charge is 0.277 e. The van der Waals surface area contributed by atoms with Crippen LogP contribution < -0.4 is 5.73 Å². The summed E-state index contributed by atoms with van der Waals surface area (Å²) in [5, 5.41) is -1.81. The first-order valence-corrected chi connectivity index (χ1v) is 9.20. The Morgan fingerprint density at radius 3 is 2.18 bits per heavy atom. The Morgan fingerprint density at radius 1 is 1.23 bits per heavy atom. The molecule has 0 saturated carbocycles. The molecule has 0 saturated heterocycles. The van der Waals surface area contributed by atoms with E-state index in [1.165, 1.54) is 4.90 Å². The number of hydrogen-bond donors (Lipinski definition) is 2. The van der Waals surface area contributed by atoms with Crippen LogP contribution in [0.5, 0.6) is 0 Å². The summed E-state index contributed by atoms with van der Waals surface area (Å²) in [7, 11) is -4.67. The van der Waals surface area contributed by atoms with Crippen molar-refractivity contribution < 1.29 is 22.6 Å². The molecule has 0 bridgehead atoms. The minimum atomic E-state index is -4.67. The molecule has 0 aromatic carbocycles. The molecule has 0 spiro atoms. The van der Waals surface area contributed by atoms with E-state index in [1.807, 2.05) is 6.92 Å². The molecular weight excluding hydrogens is 308 g/mol. The fourth-order valence-corrected chi connectivity index (χ4v) is 3.09. The summed E-state index contributed by atoms with van der Waals surface area (Å²) < 4.78 is 31.9. The van der Waals surface area contributed by atoms with Crippen molar-refractivity contribution in [2.75, 3.05) is 13.1 Å². The zero-order valence-corrected chi connectivity index (χ0v) is 14.4. The van der Waals surface area contributed by atoms with E-state index in [0.717, 1.165) is 25.7 Å². The standard InChI is InChI=1S/C14H28N2O5S/c1-4-7-8-11(5-2)10-16(6-3)14(18)12(9-13(15)17)22(19,20)21/h11-12H,4-10H2,1-3H3,(H2,15,17)(H,19,20,21). The molecule has 0 aromatic rings. The van der Waals surface area contributed by atoms with E-state index in [1.54, 1.807) is 6.92 Å². The van der Waals surface area contributed by atoms with E-state index >= 15 is 0 Å². The van der Waals surface area contributed by atoms with Crippen molar-refractivity contribution in [2.24, 2.45) is 11.7 Å². The predicted molar refractivity (Wildman–Crippen MR) is 84.7 cm³/mol. The molecule has 2 atom stereocenters. The number of rotatable bonds is 11. The number of carbonyl (C=O) groups is 2. The Bertz CT molecular complexity index is 464. The molecular formula is C14H28N2O5S. The Hall–Kier alpha value is -1.15. The minimum Gasteiger partial charge on any atom is -0.370 e. The first kappa shape index (κ1) is 20.9. The molecule has 22 heavy (non-hydrogen) atoms. The Balaban J connectivity index is 5.09. The van der Waals surface area contributed by atoms with Gasteiger partial charge in [0.1, 0.15) is 0 Å². The largest absolute Gasteiger partial charge is 0.370 e. The maximum atomic E-state index is 12.4. The van der Waals surface area contributed by atoms with Crippen LogP contribution in [0.15, 0.2) is 0 Å². The van der Waals surface area contributed by atoms with Crippen molar-refractivity contribution in [3.05, 3.63) is 0 Å². The molecule has 2 amide bonds. The fourth-order valence-electron chi connectivity index (χ4n) is 2.31. The fraction of sp³-hybridized carbons (Fsp3) is 0.857. The van der Waals surface area contributed by atoms with Crippen LogP contribution in [0.4, 0.5) is 0 Å². The number of primary amides is 1. The van der Waals surface area contributed by atoms with Gasteiger partial charge < -0.3 is 10.6 Å². The molecule has 2 unspecified atom stereocenters. The number of nitrogens with two attached hydrogens (primary N) is 1. The molecule has 0 aromatic heterocycles. The second-order valence-electron chi connectivity index (χ2n) is 5.47. The van der Waals surface area contributed by atoms with Gasteiger partial charge in [0, 0.05) is 13.1 Å². The van der Waals surface area contributed by atoms with Gasteiger partial charge in [0.05, 0.1) is 6.42 Å². The third-order valence-electron chi connectivity index (χ3n) is 3.74. The van der Waals surface area contributed by atoms with Crippen LogP contribution in [0.1, 0.15) is 52.9 Å². The summed E-state index contributed by atoms with van der Waals surface area (Å²) in [6.45, 7) is 6.55. The predicted octanol–water partition coefficient (Wildman–Crippen LogP) is 1.18. The van der Waals surface area contributed by atoms with Gasteiger partial charge in [0.15, 0.2) is 5.25 Å². The van der Waals surface area contributed by atoms with Crippen molar-refractivity contribution in [3.63, 3.8) is 0 Å². The molecule has 130 valence electrons. The van der Waals surface area contributed by atoms with Crippen LogP contribution in [0, 0.1) is 5.92 Å². The zero-order valence-electron chi connectivity index (χ0n) is 13.6. The highest BCUT2D eigenvalue weighted by molar-refractivity contribution is 7.87. The molecule has 0 radical (unpaired) electrons. The lowest BCUT2D eigenvalue weighted by molar-refractivity contribution is -0.133. The van der Waals surface area contributed by atoms with Gasteiger partial charge in [-0.15, -0.1) is 0 Å². The van der Waals surface area contributed by atoms with Crippen molar-refractivity contribution >= 4 is 21.9 Å². The Kier molecular flexibility index (Phi) is 9.27. The van der Waals surface area contributed by atoms with E-state index in [-0.39, 0.29) is 5.92 Å². The van der Waals surface area contributed by atoms with Crippen LogP contribution >= 0.6 is 0 Å². The monoisotopic (exact) mass is 336 g/mol.